The summed E-state index contributed by atoms with van der Waals surface area (Å²) >= 11 is 0. The third-order valence-corrected chi connectivity index (χ3v) is 4.16. The number of nitriles is 1. The molecule has 0 saturated heterocycles. The lowest BCUT2D eigenvalue weighted by atomic mass is 9.87. The molecule has 7 heteroatoms. The molecule has 0 unspecified atom stereocenters. The highest BCUT2D eigenvalue weighted by Gasteiger charge is 2.41. The summed E-state index contributed by atoms with van der Waals surface area (Å²) in [7, 11) is -3.32. The van der Waals surface area contributed by atoms with Crippen molar-refractivity contribution in [3.05, 3.63) is 24.3 Å². The summed E-state index contributed by atoms with van der Waals surface area (Å²) in [6.07, 6.45) is 4.02. The quantitative estimate of drug-likeness (QED) is 0.889. The monoisotopic (exact) mass is 307 g/mol. The molecule has 0 bridgehead atoms. The van der Waals surface area contributed by atoms with Gasteiger partial charge in [-0.2, -0.15) is 5.26 Å². The normalized spacial score (nSPS) is 17.0. The van der Waals surface area contributed by atoms with Gasteiger partial charge in [-0.05, 0) is 37.1 Å². The van der Waals surface area contributed by atoms with E-state index >= 15 is 0 Å². The van der Waals surface area contributed by atoms with Crippen LogP contribution >= 0.6 is 0 Å². The molecule has 1 aromatic rings. The van der Waals surface area contributed by atoms with Gasteiger partial charge in [0.25, 0.3) is 0 Å². The summed E-state index contributed by atoms with van der Waals surface area (Å²) < 4.78 is 24.5. The maximum absolute atomic E-state index is 12.2. The van der Waals surface area contributed by atoms with E-state index in [0.717, 1.165) is 19.1 Å². The van der Waals surface area contributed by atoms with Crippen LogP contribution in [0.4, 0.5) is 11.4 Å². The number of anilines is 2. The lowest BCUT2D eigenvalue weighted by Gasteiger charge is -2.19. The molecule has 1 amide bonds. The molecule has 21 heavy (non-hydrogen) atoms. The fraction of sp³-hybridized carbons (Fsp3) is 0.429. The first kappa shape index (κ1) is 15.3. The van der Waals surface area contributed by atoms with Crippen molar-refractivity contribution in [1.29, 1.82) is 5.26 Å². The van der Waals surface area contributed by atoms with Gasteiger partial charge >= 0.3 is 0 Å². The van der Waals surface area contributed by atoms with E-state index in [4.69, 9.17) is 0 Å². The molecule has 1 aliphatic rings. The van der Waals surface area contributed by atoms with Crippen molar-refractivity contribution in [3.8, 4) is 6.07 Å². The predicted octanol–water partition coefficient (Wildman–Crippen LogP) is 2.08. The lowest BCUT2D eigenvalue weighted by Crippen LogP contribution is -2.32. The van der Waals surface area contributed by atoms with Gasteiger partial charge in [-0.25, -0.2) is 8.42 Å². The molecular formula is C14H17N3O3S. The molecule has 0 atom stereocenters. The zero-order valence-electron chi connectivity index (χ0n) is 11.7. The SMILES string of the molecule is CS(=O)(=O)Nc1ccc(NC(=O)C2(C#N)CCCC2)cc1. The molecule has 2 rings (SSSR count). The minimum atomic E-state index is -3.32. The Hall–Kier alpha value is -2.07. The van der Waals surface area contributed by atoms with E-state index in [1.165, 1.54) is 0 Å². The van der Waals surface area contributed by atoms with Crippen LogP contribution in [0, 0.1) is 16.7 Å². The van der Waals surface area contributed by atoms with Crippen molar-refractivity contribution in [2.75, 3.05) is 16.3 Å². The summed E-state index contributed by atoms with van der Waals surface area (Å²) in [6, 6.07) is 8.46. The summed E-state index contributed by atoms with van der Waals surface area (Å²) in [4.78, 5) is 12.2. The molecule has 0 heterocycles. The van der Waals surface area contributed by atoms with Crippen LogP contribution in [-0.4, -0.2) is 20.6 Å². The number of nitrogens with one attached hydrogen (secondary N) is 2. The molecule has 1 fully saturated rings. The molecule has 2 N–H and O–H groups in total. The smallest absolute Gasteiger partial charge is 0.244 e. The average Bonchev–Trinajstić information content (AvgIpc) is 2.89. The molecule has 1 aromatic carbocycles. The first-order chi connectivity index (χ1) is 9.85. The molecular weight excluding hydrogens is 290 g/mol. The third-order valence-electron chi connectivity index (χ3n) is 3.55. The number of nitrogens with zero attached hydrogens (tertiary/aromatic N) is 1. The van der Waals surface area contributed by atoms with Crippen molar-refractivity contribution in [2.24, 2.45) is 5.41 Å². The summed E-state index contributed by atoms with van der Waals surface area (Å²) in [5.41, 5.74) is 0.0379. The Morgan fingerprint density at radius 1 is 1.19 bits per heavy atom. The highest BCUT2D eigenvalue weighted by molar-refractivity contribution is 7.92. The van der Waals surface area contributed by atoms with E-state index < -0.39 is 15.4 Å². The molecule has 6 nitrogen and oxygen atoms in total. The Bertz CT molecular complexity index is 668. The van der Waals surface area contributed by atoms with Gasteiger partial charge in [-0.1, -0.05) is 12.8 Å². The van der Waals surface area contributed by atoms with Crippen LogP contribution in [0.15, 0.2) is 24.3 Å². The van der Waals surface area contributed by atoms with Gasteiger partial charge in [0, 0.05) is 11.4 Å². The van der Waals surface area contributed by atoms with Crippen LogP contribution in [-0.2, 0) is 14.8 Å². The first-order valence-corrected chi connectivity index (χ1v) is 8.54. The van der Waals surface area contributed by atoms with Crippen molar-refractivity contribution in [3.63, 3.8) is 0 Å². The van der Waals surface area contributed by atoms with E-state index in [9.17, 15) is 18.5 Å². The summed E-state index contributed by atoms with van der Waals surface area (Å²) in [6.45, 7) is 0. The number of benzene rings is 1. The number of rotatable bonds is 4. The van der Waals surface area contributed by atoms with Crippen LogP contribution in [0.5, 0.6) is 0 Å². The average molecular weight is 307 g/mol. The largest absolute Gasteiger partial charge is 0.325 e. The summed E-state index contributed by atoms with van der Waals surface area (Å²) in [5.74, 6) is -0.286. The maximum Gasteiger partial charge on any atom is 0.244 e. The number of amides is 1. The number of carbonyl (C=O) groups is 1. The minimum absolute atomic E-state index is 0.286. The van der Waals surface area contributed by atoms with Gasteiger partial charge in [-0.15, -0.1) is 0 Å². The number of carbonyl (C=O) groups excluding carboxylic acids is 1. The molecule has 0 spiro atoms. The van der Waals surface area contributed by atoms with Crippen LogP contribution in [0.2, 0.25) is 0 Å². The fourth-order valence-corrected chi connectivity index (χ4v) is 3.02. The zero-order valence-corrected chi connectivity index (χ0v) is 12.5. The fourth-order valence-electron chi connectivity index (χ4n) is 2.45. The number of hydrogen-bond acceptors (Lipinski definition) is 4. The van der Waals surface area contributed by atoms with Gasteiger partial charge in [0.15, 0.2) is 0 Å². The van der Waals surface area contributed by atoms with Gasteiger partial charge in [0.1, 0.15) is 5.41 Å². The van der Waals surface area contributed by atoms with Crippen LogP contribution in [0.3, 0.4) is 0 Å². The molecule has 112 valence electrons. The number of sulfonamides is 1. The Morgan fingerprint density at radius 2 is 1.71 bits per heavy atom. The Labute approximate surface area is 124 Å². The van der Waals surface area contributed by atoms with E-state index in [-0.39, 0.29) is 5.91 Å². The molecule has 0 aromatic heterocycles. The standard InChI is InChI=1S/C14H17N3O3S/c1-21(19,20)17-12-6-4-11(5-7-12)16-13(18)14(10-15)8-2-3-9-14/h4-7,17H,2-3,8-9H2,1H3,(H,16,18). The van der Waals surface area contributed by atoms with Crippen LogP contribution < -0.4 is 10.0 Å². The first-order valence-electron chi connectivity index (χ1n) is 6.65. The van der Waals surface area contributed by atoms with Gasteiger partial charge < -0.3 is 5.32 Å². The van der Waals surface area contributed by atoms with Crippen molar-refractivity contribution < 1.29 is 13.2 Å². The van der Waals surface area contributed by atoms with Crippen LogP contribution in [0.1, 0.15) is 25.7 Å². The Kier molecular flexibility index (Phi) is 4.19. The molecule has 1 saturated carbocycles. The van der Waals surface area contributed by atoms with E-state index in [2.05, 4.69) is 16.1 Å². The van der Waals surface area contributed by atoms with Crippen molar-refractivity contribution >= 4 is 27.3 Å². The molecule has 1 aliphatic carbocycles. The summed E-state index contributed by atoms with van der Waals surface area (Å²) in [5, 5.41) is 12.0. The van der Waals surface area contributed by atoms with Gasteiger partial charge in [0.05, 0.1) is 12.3 Å². The Morgan fingerprint density at radius 3 is 2.19 bits per heavy atom. The predicted molar refractivity (Wildman–Crippen MR) is 80.1 cm³/mol. The lowest BCUT2D eigenvalue weighted by molar-refractivity contribution is -0.122. The minimum Gasteiger partial charge on any atom is -0.325 e. The molecule has 0 radical (unpaired) electrons. The van der Waals surface area contributed by atoms with Gasteiger partial charge in [-0.3, -0.25) is 9.52 Å². The zero-order chi connectivity index (χ0) is 15.5. The van der Waals surface area contributed by atoms with E-state index in [0.29, 0.717) is 24.2 Å². The second kappa shape index (κ2) is 5.74. The highest BCUT2D eigenvalue weighted by Crippen LogP contribution is 2.38. The van der Waals surface area contributed by atoms with E-state index in [1.54, 1.807) is 24.3 Å². The molecule has 0 aliphatic heterocycles. The third kappa shape index (κ3) is 3.73. The van der Waals surface area contributed by atoms with Gasteiger partial charge in [0.2, 0.25) is 15.9 Å². The van der Waals surface area contributed by atoms with E-state index in [1.807, 2.05) is 0 Å². The second-order valence-corrected chi connectivity index (χ2v) is 7.06. The number of hydrogen-bond donors (Lipinski definition) is 2. The van der Waals surface area contributed by atoms with Crippen molar-refractivity contribution in [2.45, 2.75) is 25.7 Å². The second-order valence-electron chi connectivity index (χ2n) is 5.31. The maximum atomic E-state index is 12.2. The van der Waals surface area contributed by atoms with Crippen LogP contribution in [0.25, 0.3) is 0 Å². The Balaban J connectivity index is 2.07. The van der Waals surface area contributed by atoms with Crippen molar-refractivity contribution in [1.82, 2.24) is 0 Å². The highest BCUT2D eigenvalue weighted by atomic mass is 32.2. The topological polar surface area (TPSA) is 99.1 Å².